The van der Waals surface area contributed by atoms with E-state index < -0.39 is 0 Å². The van der Waals surface area contributed by atoms with E-state index >= 15 is 0 Å². The molecular formula is C39H80N8O2. The third-order valence-electron chi connectivity index (χ3n) is 12.1. The average Bonchev–Trinajstić information content (AvgIpc) is 3.04. The van der Waals surface area contributed by atoms with Crippen LogP contribution in [0.25, 0.3) is 0 Å². The van der Waals surface area contributed by atoms with Gasteiger partial charge in [-0.2, -0.15) is 0 Å². The number of piperazine rings is 4. The Morgan fingerprint density at radius 3 is 1.61 bits per heavy atom. The van der Waals surface area contributed by atoms with Crippen molar-refractivity contribution < 1.29 is 9.47 Å². The molecule has 4 heterocycles. The van der Waals surface area contributed by atoms with E-state index in [1.165, 1.54) is 78.3 Å². The number of hydrogen-bond acceptors (Lipinski definition) is 10. The van der Waals surface area contributed by atoms with Gasteiger partial charge in [0.25, 0.3) is 0 Å². The Morgan fingerprint density at radius 2 is 1.04 bits per heavy atom. The summed E-state index contributed by atoms with van der Waals surface area (Å²) >= 11 is 0. The van der Waals surface area contributed by atoms with Crippen molar-refractivity contribution in [2.45, 2.75) is 111 Å². The van der Waals surface area contributed by atoms with Crippen LogP contribution in [0.3, 0.4) is 0 Å². The molecule has 0 aromatic rings. The molecule has 0 aromatic carbocycles. The molecule has 4 aliphatic heterocycles. The minimum Gasteiger partial charge on any atom is -0.378 e. The number of rotatable bonds is 16. The molecule has 4 aliphatic rings. The quantitative estimate of drug-likeness (QED) is 0.225. The zero-order valence-electron chi connectivity index (χ0n) is 34.0. The maximum Gasteiger partial charge on any atom is 0.0992 e. The molecule has 0 radical (unpaired) electrons. The van der Waals surface area contributed by atoms with E-state index in [4.69, 9.17) is 9.47 Å². The zero-order valence-corrected chi connectivity index (χ0v) is 34.0. The van der Waals surface area contributed by atoms with Crippen LogP contribution in [0.4, 0.5) is 0 Å². The molecule has 0 aromatic heterocycles. The number of hydrogen-bond donors (Lipinski definition) is 0. The second-order valence-electron chi connectivity index (χ2n) is 18.4. The molecule has 0 amide bonds. The predicted molar refractivity (Wildman–Crippen MR) is 206 cm³/mol. The SMILES string of the molecule is CC(C)N1CCN(CCCN2CCN(C(C)(C)CC3CN(C(C)(C)C)CCN3CCOCCOCN3CCN(C(C)(C)C)CC3)CC2)CC1. The topological polar surface area (TPSA) is 44.4 Å². The van der Waals surface area contributed by atoms with Gasteiger partial charge in [0.05, 0.1) is 26.6 Å². The van der Waals surface area contributed by atoms with Gasteiger partial charge in [-0.3, -0.25) is 29.4 Å². The van der Waals surface area contributed by atoms with Crippen molar-refractivity contribution in [3.63, 3.8) is 0 Å². The fraction of sp³-hybridized carbons (Fsp3) is 1.00. The van der Waals surface area contributed by atoms with Crippen LogP contribution < -0.4 is 0 Å². The number of nitrogens with zero attached hydrogens (tertiary/aromatic N) is 8. The third-order valence-corrected chi connectivity index (χ3v) is 12.1. The van der Waals surface area contributed by atoms with Gasteiger partial charge in [-0.25, -0.2) is 0 Å². The van der Waals surface area contributed by atoms with Crippen LogP contribution in [-0.2, 0) is 9.47 Å². The Hall–Kier alpha value is -0.400. The van der Waals surface area contributed by atoms with Crippen molar-refractivity contribution in [1.29, 1.82) is 0 Å². The van der Waals surface area contributed by atoms with Gasteiger partial charge in [0.1, 0.15) is 0 Å². The lowest BCUT2D eigenvalue weighted by Gasteiger charge is -2.51. The Kier molecular flexibility index (Phi) is 16.1. The summed E-state index contributed by atoms with van der Waals surface area (Å²) in [7, 11) is 0. The first kappa shape index (κ1) is 41.4. The molecule has 1 atom stereocenters. The van der Waals surface area contributed by atoms with E-state index in [2.05, 4.69) is 108 Å². The van der Waals surface area contributed by atoms with Crippen LogP contribution in [-0.4, -0.2) is 212 Å². The van der Waals surface area contributed by atoms with E-state index in [-0.39, 0.29) is 16.6 Å². The molecule has 0 bridgehead atoms. The van der Waals surface area contributed by atoms with Gasteiger partial charge in [-0.05, 0) is 95.2 Å². The van der Waals surface area contributed by atoms with Crippen molar-refractivity contribution >= 4 is 0 Å². The number of ether oxygens (including phenoxy) is 2. The highest BCUT2D eigenvalue weighted by Crippen LogP contribution is 2.29. The third kappa shape index (κ3) is 13.5. The summed E-state index contributed by atoms with van der Waals surface area (Å²) in [5.74, 6) is 0. The Balaban J connectivity index is 1.14. The summed E-state index contributed by atoms with van der Waals surface area (Å²) in [6.45, 7) is 47.6. The molecule has 0 aliphatic carbocycles. The van der Waals surface area contributed by atoms with Crippen LogP contribution in [0.15, 0.2) is 0 Å². The maximum absolute atomic E-state index is 6.15. The monoisotopic (exact) mass is 693 g/mol. The van der Waals surface area contributed by atoms with Crippen molar-refractivity contribution in [2.24, 2.45) is 0 Å². The molecule has 4 saturated heterocycles. The van der Waals surface area contributed by atoms with E-state index in [9.17, 15) is 0 Å². The van der Waals surface area contributed by atoms with Crippen LogP contribution in [0.1, 0.15) is 82.1 Å². The minimum absolute atomic E-state index is 0.180. The molecule has 4 fully saturated rings. The van der Waals surface area contributed by atoms with Crippen molar-refractivity contribution in [3.05, 3.63) is 0 Å². The van der Waals surface area contributed by atoms with Gasteiger partial charge in [-0.1, -0.05) is 0 Å². The molecular weight excluding hydrogens is 612 g/mol. The summed E-state index contributed by atoms with van der Waals surface area (Å²) in [6, 6.07) is 1.23. The largest absolute Gasteiger partial charge is 0.378 e. The normalized spacial score (nSPS) is 25.2. The van der Waals surface area contributed by atoms with E-state index in [1.54, 1.807) is 0 Å². The molecule has 0 N–H and O–H groups in total. The van der Waals surface area contributed by atoms with E-state index in [0.29, 0.717) is 25.3 Å². The molecule has 10 heteroatoms. The van der Waals surface area contributed by atoms with Gasteiger partial charge in [-0.15, -0.1) is 0 Å². The minimum atomic E-state index is 0.180. The lowest BCUT2D eigenvalue weighted by atomic mass is 9.89. The van der Waals surface area contributed by atoms with E-state index in [1.807, 2.05) is 0 Å². The maximum atomic E-state index is 6.15. The Morgan fingerprint density at radius 1 is 0.531 bits per heavy atom. The summed E-state index contributed by atoms with van der Waals surface area (Å²) in [5, 5.41) is 0. The highest BCUT2D eigenvalue weighted by Gasteiger charge is 2.38. The van der Waals surface area contributed by atoms with Gasteiger partial charge in [0.15, 0.2) is 0 Å². The van der Waals surface area contributed by atoms with Gasteiger partial charge < -0.3 is 19.3 Å². The first-order valence-electron chi connectivity index (χ1n) is 20.2. The second kappa shape index (κ2) is 19.1. The summed E-state index contributed by atoms with van der Waals surface area (Å²) in [5.41, 5.74) is 0.641. The van der Waals surface area contributed by atoms with Crippen molar-refractivity contribution in [1.82, 2.24) is 39.2 Å². The lowest BCUT2D eigenvalue weighted by Crippen LogP contribution is -2.62. The smallest absolute Gasteiger partial charge is 0.0992 e. The van der Waals surface area contributed by atoms with Gasteiger partial charge >= 0.3 is 0 Å². The highest BCUT2D eigenvalue weighted by atomic mass is 16.5. The average molecular weight is 693 g/mol. The fourth-order valence-electron chi connectivity index (χ4n) is 8.44. The van der Waals surface area contributed by atoms with Crippen molar-refractivity contribution in [2.75, 3.05) is 144 Å². The van der Waals surface area contributed by atoms with Gasteiger partial charge in [0, 0.05) is 133 Å². The van der Waals surface area contributed by atoms with Crippen molar-refractivity contribution in [3.8, 4) is 0 Å². The Labute approximate surface area is 303 Å². The Bertz CT molecular complexity index is 913. The van der Waals surface area contributed by atoms with Crippen LogP contribution in [0, 0.1) is 0 Å². The second-order valence-corrected chi connectivity index (χ2v) is 18.4. The molecule has 49 heavy (non-hydrogen) atoms. The molecule has 288 valence electrons. The summed E-state index contributed by atoms with van der Waals surface area (Å²) in [4.78, 5) is 21.3. The fourth-order valence-corrected chi connectivity index (χ4v) is 8.44. The zero-order chi connectivity index (χ0) is 35.7. The van der Waals surface area contributed by atoms with Crippen LogP contribution in [0.5, 0.6) is 0 Å². The lowest BCUT2D eigenvalue weighted by molar-refractivity contribution is -0.0432. The predicted octanol–water partition coefficient (Wildman–Crippen LogP) is 3.38. The summed E-state index contributed by atoms with van der Waals surface area (Å²) < 4.78 is 12.2. The van der Waals surface area contributed by atoms with E-state index in [0.717, 1.165) is 65.7 Å². The molecule has 1 unspecified atom stereocenters. The molecule has 0 spiro atoms. The first-order chi connectivity index (χ1) is 23.1. The highest BCUT2D eigenvalue weighted by molar-refractivity contribution is 4.95. The molecule has 0 saturated carbocycles. The molecule has 4 rings (SSSR count). The molecule has 10 nitrogen and oxygen atoms in total. The standard InChI is InChI=1S/C39H80N8O2/c1-35(2)43-20-14-40(15-21-43)12-11-13-41-16-25-46(26-17-41)39(9,10)32-36-33-47(38(6,7)8)27-22-44(36)28-29-48-30-31-49-34-42-18-23-45(24-19-42)37(3,4)5/h35-36H,11-34H2,1-10H3. The summed E-state index contributed by atoms with van der Waals surface area (Å²) in [6.07, 6.45) is 2.50. The van der Waals surface area contributed by atoms with Crippen LogP contribution in [0.2, 0.25) is 0 Å². The van der Waals surface area contributed by atoms with Gasteiger partial charge in [0.2, 0.25) is 0 Å². The van der Waals surface area contributed by atoms with Crippen LogP contribution >= 0.6 is 0 Å². The first-order valence-corrected chi connectivity index (χ1v) is 20.2.